The van der Waals surface area contributed by atoms with Gasteiger partial charge in [0.15, 0.2) is 0 Å². The Balaban J connectivity index is 2.48. The Morgan fingerprint density at radius 3 is 2.83 bits per heavy atom. The second-order valence-corrected chi connectivity index (χ2v) is 4.15. The molecule has 1 aromatic carbocycles. The van der Waals surface area contributed by atoms with Crippen LogP contribution >= 0.6 is 0 Å². The summed E-state index contributed by atoms with van der Waals surface area (Å²) in [5, 5.41) is 9.04. The molecule has 0 aliphatic carbocycles. The molecular formula is C13H12FNO3. The minimum atomic E-state index is -1.25. The first-order valence-corrected chi connectivity index (χ1v) is 5.49. The lowest BCUT2D eigenvalue weighted by Gasteiger charge is -2.19. The average molecular weight is 249 g/mol. The van der Waals surface area contributed by atoms with Crippen LogP contribution in [0.15, 0.2) is 30.9 Å². The minimum absolute atomic E-state index is 0.0706. The summed E-state index contributed by atoms with van der Waals surface area (Å²) in [7, 11) is 0. The highest BCUT2D eigenvalue weighted by atomic mass is 19.1. The number of anilines is 1. The number of halogens is 1. The molecule has 1 aromatic rings. The van der Waals surface area contributed by atoms with Gasteiger partial charge in [-0.25, -0.2) is 9.18 Å². The summed E-state index contributed by atoms with van der Waals surface area (Å²) >= 11 is 0. The molecule has 0 aromatic heterocycles. The fraction of sp³-hybridized carbons (Fsp3) is 0.231. The molecule has 18 heavy (non-hydrogen) atoms. The zero-order valence-electron chi connectivity index (χ0n) is 9.60. The Hall–Kier alpha value is -2.17. The van der Waals surface area contributed by atoms with Gasteiger partial charge in [0, 0.05) is 18.9 Å². The zero-order chi connectivity index (χ0) is 13.3. The summed E-state index contributed by atoms with van der Waals surface area (Å²) in [6.07, 6.45) is 1.86. The van der Waals surface area contributed by atoms with Crippen LogP contribution < -0.4 is 4.90 Å². The number of rotatable bonds is 3. The number of carboxylic acids is 1. The Morgan fingerprint density at radius 2 is 2.28 bits per heavy atom. The first-order chi connectivity index (χ1) is 8.54. The predicted molar refractivity (Wildman–Crippen MR) is 64.0 cm³/mol. The van der Waals surface area contributed by atoms with E-state index in [9.17, 15) is 14.0 Å². The van der Waals surface area contributed by atoms with Crippen molar-refractivity contribution in [2.45, 2.75) is 6.42 Å². The average Bonchev–Trinajstić information content (AvgIpc) is 2.70. The molecule has 1 unspecified atom stereocenters. The molecule has 1 fully saturated rings. The van der Waals surface area contributed by atoms with E-state index in [0.717, 1.165) is 6.07 Å². The lowest BCUT2D eigenvalue weighted by Crippen LogP contribution is -2.27. The number of carbonyl (C=O) groups excluding carboxylic acids is 1. The molecule has 1 atom stereocenters. The van der Waals surface area contributed by atoms with Crippen molar-refractivity contribution in [2.75, 3.05) is 11.4 Å². The van der Waals surface area contributed by atoms with E-state index in [-0.39, 0.29) is 36.0 Å². The Labute approximate surface area is 103 Å². The van der Waals surface area contributed by atoms with Crippen molar-refractivity contribution in [3.05, 3.63) is 42.2 Å². The van der Waals surface area contributed by atoms with Gasteiger partial charge in [-0.05, 0) is 12.1 Å². The molecule has 0 saturated carbocycles. The maximum absolute atomic E-state index is 13.8. The molecule has 1 N–H and O–H groups in total. The predicted octanol–water partition coefficient (Wildman–Crippen LogP) is 2.06. The second kappa shape index (κ2) is 4.60. The van der Waals surface area contributed by atoms with Gasteiger partial charge in [-0.2, -0.15) is 0 Å². The third-order valence-corrected chi connectivity index (χ3v) is 2.98. The molecule has 1 saturated heterocycles. The molecule has 4 nitrogen and oxygen atoms in total. The number of nitrogens with zero attached hydrogens (tertiary/aromatic N) is 1. The van der Waals surface area contributed by atoms with Gasteiger partial charge in [0.05, 0.1) is 11.3 Å². The number of carbonyl (C=O) groups is 2. The molecule has 94 valence electrons. The van der Waals surface area contributed by atoms with Crippen molar-refractivity contribution < 1.29 is 19.1 Å². The summed E-state index contributed by atoms with van der Waals surface area (Å²) < 4.78 is 13.8. The largest absolute Gasteiger partial charge is 0.478 e. The van der Waals surface area contributed by atoms with E-state index in [4.69, 9.17) is 5.11 Å². The monoisotopic (exact) mass is 249 g/mol. The van der Waals surface area contributed by atoms with E-state index in [1.165, 1.54) is 17.0 Å². The highest BCUT2D eigenvalue weighted by Crippen LogP contribution is 2.30. The number of aromatic carboxylic acids is 1. The number of carboxylic acid groups (broad SMARTS) is 1. The Bertz CT molecular complexity index is 527. The smallest absolute Gasteiger partial charge is 0.337 e. The van der Waals surface area contributed by atoms with Crippen LogP contribution in [-0.2, 0) is 4.79 Å². The molecule has 5 heteroatoms. The van der Waals surface area contributed by atoms with Crippen molar-refractivity contribution in [1.29, 1.82) is 0 Å². The number of hydrogen-bond acceptors (Lipinski definition) is 2. The third-order valence-electron chi connectivity index (χ3n) is 2.98. The number of amides is 1. The fourth-order valence-corrected chi connectivity index (χ4v) is 2.07. The Morgan fingerprint density at radius 1 is 1.56 bits per heavy atom. The number of hydrogen-bond donors (Lipinski definition) is 1. The standard InChI is InChI=1S/C13H12FNO3/c1-2-8-6-11(16)15(7-8)12-9(13(17)18)4-3-5-10(12)14/h2-5,8H,1,6-7H2,(H,17,18). The van der Waals surface area contributed by atoms with Gasteiger partial charge in [0.2, 0.25) is 5.91 Å². The molecule has 1 amide bonds. The van der Waals surface area contributed by atoms with Crippen LogP contribution in [0, 0.1) is 11.7 Å². The Kier molecular flexibility index (Phi) is 3.14. The van der Waals surface area contributed by atoms with Crippen molar-refractivity contribution >= 4 is 17.6 Å². The maximum Gasteiger partial charge on any atom is 0.337 e. The molecular weight excluding hydrogens is 237 g/mol. The maximum atomic E-state index is 13.8. The fourth-order valence-electron chi connectivity index (χ4n) is 2.07. The molecule has 0 bridgehead atoms. The lowest BCUT2D eigenvalue weighted by atomic mass is 10.1. The minimum Gasteiger partial charge on any atom is -0.478 e. The van der Waals surface area contributed by atoms with Crippen LogP contribution in [0.1, 0.15) is 16.8 Å². The van der Waals surface area contributed by atoms with Gasteiger partial charge in [0.1, 0.15) is 5.82 Å². The first kappa shape index (κ1) is 12.3. The zero-order valence-corrected chi connectivity index (χ0v) is 9.60. The van der Waals surface area contributed by atoms with E-state index in [0.29, 0.717) is 0 Å². The third kappa shape index (κ3) is 1.99. The van der Waals surface area contributed by atoms with Gasteiger partial charge in [-0.15, -0.1) is 6.58 Å². The van der Waals surface area contributed by atoms with Crippen LogP contribution in [0.3, 0.4) is 0 Å². The highest BCUT2D eigenvalue weighted by Gasteiger charge is 2.33. The molecule has 0 radical (unpaired) electrons. The van der Waals surface area contributed by atoms with Crippen molar-refractivity contribution in [1.82, 2.24) is 0 Å². The topological polar surface area (TPSA) is 57.6 Å². The van der Waals surface area contributed by atoms with Gasteiger partial charge in [-0.1, -0.05) is 12.1 Å². The SMILES string of the molecule is C=CC1CC(=O)N(c2c(F)cccc2C(=O)O)C1. The highest BCUT2D eigenvalue weighted by molar-refractivity contribution is 6.03. The van der Waals surface area contributed by atoms with Crippen molar-refractivity contribution in [2.24, 2.45) is 5.92 Å². The summed E-state index contributed by atoms with van der Waals surface area (Å²) in [4.78, 5) is 24.0. The molecule has 1 aliphatic rings. The molecule has 0 spiro atoms. The van der Waals surface area contributed by atoms with E-state index < -0.39 is 11.8 Å². The normalized spacial score (nSPS) is 19.1. The van der Waals surface area contributed by atoms with Gasteiger partial charge >= 0.3 is 5.97 Å². The van der Waals surface area contributed by atoms with Crippen LogP contribution in [-0.4, -0.2) is 23.5 Å². The van der Waals surface area contributed by atoms with Gasteiger partial charge in [-0.3, -0.25) is 4.79 Å². The van der Waals surface area contributed by atoms with Crippen LogP contribution in [0.4, 0.5) is 10.1 Å². The second-order valence-electron chi connectivity index (χ2n) is 4.15. The van der Waals surface area contributed by atoms with Gasteiger partial charge in [0.25, 0.3) is 0 Å². The molecule has 1 heterocycles. The molecule has 2 rings (SSSR count). The number of benzene rings is 1. The van der Waals surface area contributed by atoms with Gasteiger partial charge < -0.3 is 10.0 Å². The van der Waals surface area contributed by atoms with E-state index in [1.54, 1.807) is 6.08 Å². The lowest BCUT2D eigenvalue weighted by molar-refractivity contribution is -0.117. The first-order valence-electron chi connectivity index (χ1n) is 5.49. The van der Waals surface area contributed by atoms with Crippen molar-refractivity contribution in [3.8, 4) is 0 Å². The summed E-state index contributed by atoms with van der Waals surface area (Å²) in [6, 6.07) is 3.75. The van der Waals surface area contributed by atoms with E-state index in [2.05, 4.69) is 6.58 Å². The molecule has 1 aliphatic heterocycles. The van der Waals surface area contributed by atoms with E-state index in [1.807, 2.05) is 0 Å². The summed E-state index contributed by atoms with van der Waals surface area (Å²) in [6.45, 7) is 3.86. The van der Waals surface area contributed by atoms with Crippen LogP contribution in [0.25, 0.3) is 0 Å². The number of para-hydroxylation sites is 1. The van der Waals surface area contributed by atoms with E-state index >= 15 is 0 Å². The quantitative estimate of drug-likeness (QED) is 0.834. The van der Waals surface area contributed by atoms with Crippen molar-refractivity contribution in [3.63, 3.8) is 0 Å². The van der Waals surface area contributed by atoms with Crippen LogP contribution in [0.5, 0.6) is 0 Å². The summed E-state index contributed by atoms with van der Waals surface area (Å²) in [5.74, 6) is -2.31. The summed E-state index contributed by atoms with van der Waals surface area (Å²) in [5.41, 5.74) is -0.354. The van der Waals surface area contributed by atoms with Crippen LogP contribution in [0.2, 0.25) is 0 Å².